The average molecular weight is 265 g/mol. The Labute approximate surface area is 112 Å². The van der Waals surface area contributed by atoms with Crippen molar-refractivity contribution in [1.82, 2.24) is 5.32 Å². The van der Waals surface area contributed by atoms with Gasteiger partial charge >= 0.3 is 5.97 Å². The van der Waals surface area contributed by atoms with Crippen LogP contribution in [0.4, 0.5) is 0 Å². The van der Waals surface area contributed by atoms with Gasteiger partial charge in [-0.2, -0.15) is 0 Å². The highest BCUT2D eigenvalue weighted by molar-refractivity contribution is 5.91. The van der Waals surface area contributed by atoms with Crippen molar-refractivity contribution in [1.29, 1.82) is 0 Å². The predicted octanol–water partition coefficient (Wildman–Crippen LogP) is 1.56. The third-order valence-electron chi connectivity index (χ3n) is 3.07. The van der Waals surface area contributed by atoms with E-state index < -0.39 is 17.4 Å². The van der Waals surface area contributed by atoms with Crippen molar-refractivity contribution in [2.45, 2.75) is 32.2 Å². The van der Waals surface area contributed by atoms with Crippen molar-refractivity contribution < 1.29 is 19.4 Å². The molecular formula is C14H19NO4. The summed E-state index contributed by atoms with van der Waals surface area (Å²) in [5, 5.41) is 11.3. The van der Waals surface area contributed by atoms with E-state index in [0.717, 1.165) is 0 Å². The maximum absolute atomic E-state index is 12.2. The standard InChI is InChI=1S/C14H19NO4/c1-9(12(16)17)15-13(18)14(2,3)10-7-5-6-8-11(10)19-4/h5-9H,1-4H3,(H,15,18)(H,16,17)/t9-/m1/s1. The van der Waals surface area contributed by atoms with E-state index in [0.29, 0.717) is 11.3 Å². The first kappa shape index (κ1) is 15.0. The zero-order chi connectivity index (χ0) is 14.6. The molecule has 0 aliphatic heterocycles. The molecule has 0 unspecified atom stereocenters. The molecule has 0 aromatic heterocycles. The minimum absolute atomic E-state index is 0.355. The molecule has 5 heteroatoms. The summed E-state index contributed by atoms with van der Waals surface area (Å²) in [6.07, 6.45) is 0. The van der Waals surface area contributed by atoms with Crippen LogP contribution in [0.5, 0.6) is 5.75 Å². The number of amides is 1. The van der Waals surface area contributed by atoms with Crippen molar-refractivity contribution in [3.63, 3.8) is 0 Å². The van der Waals surface area contributed by atoms with Gasteiger partial charge in [0.25, 0.3) is 0 Å². The first-order valence-electron chi connectivity index (χ1n) is 5.98. The molecule has 0 saturated heterocycles. The van der Waals surface area contributed by atoms with Gasteiger partial charge in [-0.15, -0.1) is 0 Å². The minimum atomic E-state index is -1.07. The Kier molecular flexibility index (Phi) is 4.53. The van der Waals surface area contributed by atoms with Crippen LogP contribution >= 0.6 is 0 Å². The lowest BCUT2D eigenvalue weighted by atomic mass is 9.83. The Bertz CT molecular complexity index is 482. The summed E-state index contributed by atoms with van der Waals surface area (Å²) in [4.78, 5) is 23.0. The van der Waals surface area contributed by atoms with Gasteiger partial charge in [-0.1, -0.05) is 18.2 Å². The Morgan fingerprint density at radius 2 is 1.89 bits per heavy atom. The normalized spacial score (nSPS) is 12.6. The first-order chi connectivity index (χ1) is 8.80. The minimum Gasteiger partial charge on any atom is -0.496 e. The molecule has 1 aromatic carbocycles. The summed E-state index contributed by atoms with van der Waals surface area (Å²) in [6.45, 7) is 4.89. The zero-order valence-electron chi connectivity index (χ0n) is 11.6. The highest BCUT2D eigenvalue weighted by Crippen LogP contribution is 2.31. The first-order valence-corrected chi connectivity index (χ1v) is 5.98. The number of hydrogen-bond acceptors (Lipinski definition) is 3. The van der Waals surface area contributed by atoms with Gasteiger partial charge in [-0.05, 0) is 26.8 Å². The number of carbonyl (C=O) groups is 2. The summed E-state index contributed by atoms with van der Waals surface area (Å²) < 4.78 is 5.24. The van der Waals surface area contributed by atoms with Gasteiger partial charge in [0.05, 0.1) is 12.5 Å². The van der Waals surface area contributed by atoms with E-state index in [2.05, 4.69) is 5.32 Å². The fourth-order valence-electron chi connectivity index (χ4n) is 1.72. The number of hydrogen-bond donors (Lipinski definition) is 2. The van der Waals surface area contributed by atoms with Gasteiger partial charge in [-0.25, -0.2) is 0 Å². The smallest absolute Gasteiger partial charge is 0.325 e. The van der Waals surface area contributed by atoms with E-state index in [-0.39, 0.29) is 5.91 Å². The van der Waals surface area contributed by atoms with Crippen LogP contribution in [0.1, 0.15) is 26.3 Å². The van der Waals surface area contributed by atoms with Crippen LogP contribution in [0.2, 0.25) is 0 Å². The van der Waals surface area contributed by atoms with Gasteiger partial charge in [-0.3, -0.25) is 9.59 Å². The molecule has 1 amide bonds. The van der Waals surface area contributed by atoms with Gasteiger partial charge in [0, 0.05) is 5.56 Å². The van der Waals surface area contributed by atoms with E-state index in [4.69, 9.17) is 9.84 Å². The number of methoxy groups -OCH3 is 1. The summed E-state index contributed by atoms with van der Waals surface area (Å²) >= 11 is 0. The molecule has 2 N–H and O–H groups in total. The Morgan fingerprint density at radius 1 is 1.32 bits per heavy atom. The topological polar surface area (TPSA) is 75.6 Å². The van der Waals surface area contributed by atoms with Gasteiger partial charge in [0.15, 0.2) is 0 Å². The molecule has 1 aromatic rings. The lowest BCUT2D eigenvalue weighted by Gasteiger charge is -2.27. The van der Waals surface area contributed by atoms with Crippen LogP contribution in [0.15, 0.2) is 24.3 Å². The van der Waals surface area contributed by atoms with Crippen molar-refractivity contribution >= 4 is 11.9 Å². The lowest BCUT2D eigenvalue weighted by molar-refractivity contribution is -0.142. The van der Waals surface area contributed by atoms with Crippen LogP contribution in [0.25, 0.3) is 0 Å². The van der Waals surface area contributed by atoms with Crippen LogP contribution < -0.4 is 10.1 Å². The van der Waals surface area contributed by atoms with E-state index >= 15 is 0 Å². The van der Waals surface area contributed by atoms with E-state index in [1.54, 1.807) is 26.0 Å². The molecule has 0 bridgehead atoms. The fourth-order valence-corrected chi connectivity index (χ4v) is 1.72. The number of nitrogens with one attached hydrogen (secondary N) is 1. The molecule has 0 heterocycles. The monoisotopic (exact) mass is 265 g/mol. The highest BCUT2D eigenvalue weighted by Gasteiger charge is 2.33. The van der Waals surface area contributed by atoms with Crippen molar-refractivity contribution in [3.8, 4) is 5.75 Å². The Morgan fingerprint density at radius 3 is 2.42 bits per heavy atom. The average Bonchev–Trinajstić information content (AvgIpc) is 2.38. The molecule has 19 heavy (non-hydrogen) atoms. The summed E-state index contributed by atoms with van der Waals surface area (Å²) in [6, 6.07) is 6.26. The third kappa shape index (κ3) is 3.24. The summed E-state index contributed by atoms with van der Waals surface area (Å²) in [7, 11) is 1.53. The van der Waals surface area contributed by atoms with Crippen molar-refractivity contribution in [2.75, 3.05) is 7.11 Å². The molecule has 5 nitrogen and oxygen atoms in total. The molecule has 0 saturated carbocycles. The number of benzene rings is 1. The molecule has 0 spiro atoms. The maximum atomic E-state index is 12.2. The Hall–Kier alpha value is -2.04. The molecule has 0 aliphatic rings. The van der Waals surface area contributed by atoms with E-state index in [9.17, 15) is 9.59 Å². The zero-order valence-corrected chi connectivity index (χ0v) is 11.6. The number of carboxylic acids is 1. The number of carboxylic acid groups (broad SMARTS) is 1. The van der Waals surface area contributed by atoms with Gasteiger partial charge < -0.3 is 15.2 Å². The Balaban J connectivity index is 3.02. The molecule has 0 fully saturated rings. The van der Waals surface area contributed by atoms with Gasteiger partial charge in [0.1, 0.15) is 11.8 Å². The molecular weight excluding hydrogens is 246 g/mol. The SMILES string of the molecule is COc1ccccc1C(C)(C)C(=O)N[C@H](C)C(=O)O. The third-order valence-corrected chi connectivity index (χ3v) is 3.07. The molecule has 1 atom stereocenters. The number of ether oxygens (including phenoxy) is 1. The van der Waals surface area contributed by atoms with Crippen LogP contribution in [0, 0.1) is 0 Å². The van der Waals surface area contributed by atoms with Crippen LogP contribution in [0.3, 0.4) is 0 Å². The highest BCUT2D eigenvalue weighted by atomic mass is 16.5. The van der Waals surface area contributed by atoms with Gasteiger partial charge in [0.2, 0.25) is 5.91 Å². The number of carbonyl (C=O) groups excluding carboxylic acids is 1. The van der Waals surface area contributed by atoms with Crippen molar-refractivity contribution in [3.05, 3.63) is 29.8 Å². The second kappa shape index (κ2) is 5.73. The molecule has 0 radical (unpaired) electrons. The second-order valence-electron chi connectivity index (χ2n) is 4.86. The number of rotatable bonds is 5. The molecule has 0 aliphatic carbocycles. The predicted molar refractivity (Wildman–Crippen MR) is 71.3 cm³/mol. The fraction of sp³-hybridized carbons (Fsp3) is 0.429. The van der Waals surface area contributed by atoms with E-state index in [1.807, 2.05) is 12.1 Å². The quantitative estimate of drug-likeness (QED) is 0.847. The number of para-hydroxylation sites is 1. The molecule has 104 valence electrons. The lowest BCUT2D eigenvalue weighted by Crippen LogP contribution is -2.47. The summed E-state index contributed by atoms with van der Waals surface area (Å²) in [5.41, 5.74) is -0.163. The van der Waals surface area contributed by atoms with Crippen LogP contribution in [-0.2, 0) is 15.0 Å². The van der Waals surface area contributed by atoms with Crippen molar-refractivity contribution in [2.24, 2.45) is 0 Å². The second-order valence-corrected chi connectivity index (χ2v) is 4.86. The number of aliphatic carboxylic acids is 1. The van der Waals surface area contributed by atoms with Crippen LogP contribution in [-0.4, -0.2) is 30.1 Å². The maximum Gasteiger partial charge on any atom is 0.325 e. The summed E-state index contributed by atoms with van der Waals surface area (Å²) in [5.74, 6) is -0.818. The molecule has 1 rings (SSSR count). The van der Waals surface area contributed by atoms with E-state index in [1.165, 1.54) is 14.0 Å². The largest absolute Gasteiger partial charge is 0.496 e.